The Kier molecular flexibility index (Phi) is 5.81. The summed E-state index contributed by atoms with van der Waals surface area (Å²) in [5, 5.41) is 6.02. The van der Waals surface area contributed by atoms with E-state index >= 15 is 0 Å². The highest BCUT2D eigenvalue weighted by Crippen LogP contribution is 2.29. The number of alkyl halides is 6. The van der Waals surface area contributed by atoms with Gasteiger partial charge in [-0.25, -0.2) is 4.98 Å². The molecule has 0 atom stereocenters. The Labute approximate surface area is 120 Å². The summed E-state index contributed by atoms with van der Waals surface area (Å²) in [4.78, 5) is 7.04. The van der Waals surface area contributed by atoms with E-state index in [2.05, 4.69) is 20.6 Å². The Balaban J connectivity index is 2.44. The molecule has 0 spiro atoms. The van der Waals surface area contributed by atoms with Crippen LogP contribution in [0.5, 0.6) is 0 Å². The number of aliphatic imine (C=N–C) groups is 1. The Morgan fingerprint density at radius 2 is 1.90 bits per heavy atom. The highest BCUT2D eigenvalue weighted by molar-refractivity contribution is 7.09. The third-order valence-corrected chi connectivity index (χ3v) is 3.02. The van der Waals surface area contributed by atoms with Gasteiger partial charge in [0.2, 0.25) is 0 Å². The van der Waals surface area contributed by atoms with E-state index in [1.807, 2.05) is 0 Å². The summed E-state index contributed by atoms with van der Waals surface area (Å²) in [5.41, 5.74) is -0.996. The number of rotatable bonds is 4. The summed E-state index contributed by atoms with van der Waals surface area (Å²) in [6.45, 7) is -0.443. The monoisotopic (exact) mass is 334 g/mol. The average molecular weight is 334 g/mol. The minimum Gasteiger partial charge on any atom is -0.356 e. The van der Waals surface area contributed by atoms with Crippen LogP contribution in [-0.2, 0) is 12.7 Å². The number of halogens is 6. The summed E-state index contributed by atoms with van der Waals surface area (Å²) in [6, 6.07) is 0. The lowest BCUT2D eigenvalue weighted by Crippen LogP contribution is -2.38. The zero-order valence-corrected chi connectivity index (χ0v) is 11.6. The normalized spacial score (nSPS) is 13.4. The summed E-state index contributed by atoms with van der Waals surface area (Å²) in [6.07, 6.45) is -9.84. The first kappa shape index (κ1) is 17.5. The molecule has 0 unspecified atom stereocenters. The van der Waals surface area contributed by atoms with Crippen LogP contribution in [0.25, 0.3) is 0 Å². The fraction of sp³-hybridized carbons (Fsp3) is 0.600. The molecule has 0 saturated carbocycles. The smallest absolute Gasteiger partial charge is 0.356 e. The molecule has 0 radical (unpaired) electrons. The highest BCUT2D eigenvalue weighted by atomic mass is 32.1. The second kappa shape index (κ2) is 6.96. The van der Waals surface area contributed by atoms with Crippen molar-refractivity contribution in [1.29, 1.82) is 0 Å². The molecule has 120 valence electrons. The molecular weight excluding hydrogens is 322 g/mol. The zero-order chi connectivity index (χ0) is 16.1. The van der Waals surface area contributed by atoms with Crippen LogP contribution >= 0.6 is 11.3 Å². The van der Waals surface area contributed by atoms with Crippen molar-refractivity contribution in [2.24, 2.45) is 4.99 Å². The summed E-state index contributed by atoms with van der Waals surface area (Å²) < 4.78 is 72.9. The van der Waals surface area contributed by atoms with E-state index in [0.717, 1.165) is 16.7 Å². The van der Waals surface area contributed by atoms with E-state index in [-0.39, 0.29) is 24.1 Å². The Morgan fingerprint density at radius 3 is 2.38 bits per heavy atom. The molecule has 1 rings (SSSR count). The number of hydrogen-bond acceptors (Lipinski definition) is 3. The van der Waals surface area contributed by atoms with Crippen LogP contribution in [0.15, 0.2) is 10.4 Å². The van der Waals surface area contributed by atoms with Crippen LogP contribution in [0, 0.1) is 0 Å². The number of guanidine groups is 1. The number of aromatic nitrogens is 1. The van der Waals surface area contributed by atoms with E-state index in [0.29, 0.717) is 0 Å². The molecule has 0 aromatic carbocycles. The molecule has 0 bridgehead atoms. The van der Waals surface area contributed by atoms with Gasteiger partial charge < -0.3 is 10.6 Å². The van der Waals surface area contributed by atoms with Gasteiger partial charge in [-0.3, -0.25) is 4.99 Å². The fourth-order valence-electron chi connectivity index (χ4n) is 1.22. The van der Waals surface area contributed by atoms with Gasteiger partial charge in [0, 0.05) is 19.0 Å². The van der Waals surface area contributed by atoms with Gasteiger partial charge in [-0.1, -0.05) is 0 Å². The molecule has 4 nitrogen and oxygen atoms in total. The molecule has 1 aromatic rings. The lowest BCUT2D eigenvalue weighted by Gasteiger charge is -2.12. The molecule has 11 heteroatoms. The van der Waals surface area contributed by atoms with Gasteiger partial charge >= 0.3 is 12.4 Å². The number of nitrogens with zero attached hydrogens (tertiary/aromatic N) is 2. The van der Waals surface area contributed by atoms with Gasteiger partial charge in [0.15, 0.2) is 11.7 Å². The first-order chi connectivity index (χ1) is 9.62. The summed E-state index contributed by atoms with van der Waals surface area (Å²) >= 11 is 0.801. The first-order valence-electron chi connectivity index (χ1n) is 5.64. The Hall–Kier alpha value is -1.52. The molecule has 2 N–H and O–H groups in total. The SMILES string of the molecule is CN=C(NCCC(F)(F)F)NCc1nc(C(F)(F)F)cs1. The minimum atomic E-state index is -4.51. The molecule has 0 fully saturated rings. The van der Waals surface area contributed by atoms with Crippen molar-refractivity contribution in [1.82, 2.24) is 15.6 Å². The highest BCUT2D eigenvalue weighted by Gasteiger charge is 2.33. The molecule has 0 aliphatic carbocycles. The molecule has 0 aliphatic rings. The van der Waals surface area contributed by atoms with Crippen molar-refractivity contribution in [2.45, 2.75) is 25.3 Å². The van der Waals surface area contributed by atoms with Crippen LogP contribution in [0.4, 0.5) is 26.3 Å². The van der Waals surface area contributed by atoms with Crippen molar-refractivity contribution in [2.75, 3.05) is 13.6 Å². The topological polar surface area (TPSA) is 49.3 Å². The maximum Gasteiger partial charge on any atom is 0.434 e. The van der Waals surface area contributed by atoms with E-state index in [1.165, 1.54) is 7.05 Å². The maximum atomic E-state index is 12.3. The maximum absolute atomic E-state index is 12.3. The van der Waals surface area contributed by atoms with Gasteiger partial charge in [0.1, 0.15) is 5.01 Å². The summed E-state index contributed by atoms with van der Waals surface area (Å²) in [7, 11) is 1.34. The van der Waals surface area contributed by atoms with Crippen molar-refractivity contribution in [3.05, 3.63) is 16.1 Å². The van der Waals surface area contributed by atoms with Crippen LogP contribution in [0.2, 0.25) is 0 Å². The van der Waals surface area contributed by atoms with Crippen LogP contribution in [-0.4, -0.2) is 30.7 Å². The fourth-order valence-corrected chi connectivity index (χ4v) is 1.97. The Morgan fingerprint density at radius 1 is 1.24 bits per heavy atom. The van der Waals surface area contributed by atoms with E-state index in [9.17, 15) is 26.3 Å². The van der Waals surface area contributed by atoms with Gasteiger partial charge in [-0.15, -0.1) is 11.3 Å². The van der Waals surface area contributed by atoms with Gasteiger partial charge in [0.25, 0.3) is 0 Å². The predicted molar refractivity (Wildman–Crippen MR) is 66.0 cm³/mol. The molecule has 0 aliphatic heterocycles. The predicted octanol–water partition coefficient (Wildman–Crippen LogP) is 2.78. The van der Waals surface area contributed by atoms with Crippen molar-refractivity contribution >= 4 is 17.3 Å². The number of nitrogens with one attached hydrogen (secondary N) is 2. The minimum absolute atomic E-state index is 0.0583. The summed E-state index contributed by atoms with van der Waals surface area (Å²) in [5.74, 6) is 0.0583. The van der Waals surface area contributed by atoms with Crippen LogP contribution in [0.1, 0.15) is 17.1 Å². The van der Waals surface area contributed by atoms with Crippen LogP contribution < -0.4 is 10.6 Å². The van der Waals surface area contributed by atoms with E-state index in [4.69, 9.17) is 0 Å². The van der Waals surface area contributed by atoms with Crippen LogP contribution in [0.3, 0.4) is 0 Å². The van der Waals surface area contributed by atoms with E-state index in [1.54, 1.807) is 0 Å². The quantitative estimate of drug-likeness (QED) is 0.506. The molecule has 1 aromatic heterocycles. The third-order valence-electron chi connectivity index (χ3n) is 2.17. The van der Waals surface area contributed by atoms with Crippen molar-refractivity contribution in [3.63, 3.8) is 0 Å². The number of thiazole rings is 1. The second-order valence-electron chi connectivity index (χ2n) is 3.84. The standard InChI is InChI=1S/C10H12F6N4S/c1-17-8(18-3-2-9(11,12)13)19-4-7-20-6(5-21-7)10(14,15)16/h5H,2-4H2,1H3,(H2,17,18,19). The lowest BCUT2D eigenvalue weighted by molar-refractivity contribution is -0.140. The zero-order valence-electron chi connectivity index (χ0n) is 10.8. The first-order valence-corrected chi connectivity index (χ1v) is 6.52. The van der Waals surface area contributed by atoms with Gasteiger partial charge in [-0.05, 0) is 0 Å². The second-order valence-corrected chi connectivity index (χ2v) is 4.78. The van der Waals surface area contributed by atoms with Crippen molar-refractivity contribution < 1.29 is 26.3 Å². The van der Waals surface area contributed by atoms with Crippen molar-refractivity contribution in [3.8, 4) is 0 Å². The third kappa shape index (κ3) is 6.65. The average Bonchev–Trinajstić information content (AvgIpc) is 2.80. The molecule has 0 saturated heterocycles. The largest absolute Gasteiger partial charge is 0.434 e. The number of hydrogen-bond donors (Lipinski definition) is 2. The lowest BCUT2D eigenvalue weighted by atomic mass is 10.4. The molecule has 0 amide bonds. The molecule has 1 heterocycles. The van der Waals surface area contributed by atoms with Gasteiger partial charge in [0.05, 0.1) is 13.0 Å². The molecular formula is C10H12F6N4S. The van der Waals surface area contributed by atoms with E-state index < -0.39 is 24.5 Å². The van der Waals surface area contributed by atoms with Gasteiger partial charge in [-0.2, -0.15) is 26.3 Å². The molecule has 21 heavy (non-hydrogen) atoms. The Bertz CT molecular complexity index is 479.